The molecule has 0 spiro atoms. The number of carbonyl (C=O) groups excluding carboxylic acids is 1. The highest BCUT2D eigenvalue weighted by atomic mass is 32.2. The second-order valence-corrected chi connectivity index (χ2v) is 4.68. The minimum atomic E-state index is -0.994. The summed E-state index contributed by atoms with van der Waals surface area (Å²) < 4.78 is 16.0. The third kappa shape index (κ3) is 4.85. The van der Waals surface area contributed by atoms with Crippen LogP contribution in [0, 0.1) is 0 Å². The first-order chi connectivity index (χ1) is 7.22. The predicted octanol–water partition coefficient (Wildman–Crippen LogP) is 1.50. The van der Waals surface area contributed by atoms with Crippen molar-refractivity contribution in [1.29, 1.82) is 0 Å². The molecule has 15 heavy (non-hydrogen) atoms. The van der Waals surface area contributed by atoms with E-state index in [1.54, 1.807) is 0 Å². The van der Waals surface area contributed by atoms with Gasteiger partial charge in [0, 0.05) is 5.56 Å². The lowest BCUT2D eigenvalue weighted by molar-refractivity contribution is -0.140. The van der Waals surface area contributed by atoms with E-state index in [9.17, 15) is 9.35 Å². The van der Waals surface area contributed by atoms with Crippen LogP contribution < -0.4 is 0 Å². The molecule has 1 atom stereocenters. The van der Waals surface area contributed by atoms with Gasteiger partial charge in [-0.25, -0.2) is 0 Å². The van der Waals surface area contributed by atoms with Crippen LogP contribution in [0.15, 0.2) is 30.3 Å². The average molecular weight is 226 g/mol. The van der Waals surface area contributed by atoms with Crippen LogP contribution in [0.1, 0.15) is 12.0 Å². The number of hydrogen-bond acceptors (Lipinski definition) is 3. The third-order valence-corrected chi connectivity index (χ3v) is 3.25. The summed E-state index contributed by atoms with van der Waals surface area (Å²) >= 11 is -0.994. The first kappa shape index (κ1) is 12.1. The van der Waals surface area contributed by atoms with Gasteiger partial charge in [-0.15, -0.1) is 0 Å². The Morgan fingerprint density at radius 2 is 2.07 bits per heavy atom. The second-order valence-electron chi connectivity index (χ2n) is 3.10. The fourth-order valence-corrected chi connectivity index (χ4v) is 2.23. The maximum atomic E-state index is 11.5. The Bertz CT molecular complexity index is 300. The number of esters is 1. The lowest BCUT2D eigenvalue weighted by atomic mass is 10.2. The molecule has 4 heteroatoms. The Kier molecular flexibility index (Phi) is 5.21. The van der Waals surface area contributed by atoms with E-state index >= 15 is 0 Å². The molecule has 1 aromatic carbocycles. The zero-order valence-electron chi connectivity index (χ0n) is 8.64. The smallest absolute Gasteiger partial charge is 0.310 e. The fraction of sp³-hybridized carbons (Fsp3) is 0.364. The van der Waals surface area contributed by atoms with Crippen LogP contribution >= 0.6 is 0 Å². The topological polar surface area (TPSA) is 49.4 Å². The molecule has 1 aromatic rings. The Hall–Kier alpha value is -1.00. The standard InChI is InChI=1S/C11H14O3S/c1-14-11(12)7-8-15(13)9-10-5-3-2-4-6-10/h2-6H,7-9H2,1H3. The minimum Gasteiger partial charge on any atom is -0.616 e. The summed E-state index contributed by atoms with van der Waals surface area (Å²) in [7, 11) is 1.34. The van der Waals surface area contributed by atoms with E-state index in [4.69, 9.17) is 0 Å². The third-order valence-electron chi connectivity index (χ3n) is 1.93. The molecule has 0 aliphatic carbocycles. The normalized spacial score (nSPS) is 12.1. The first-order valence-corrected chi connectivity index (χ1v) is 6.17. The summed E-state index contributed by atoms with van der Waals surface area (Å²) in [6.07, 6.45) is 0.218. The van der Waals surface area contributed by atoms with Crippen molar-refractivity contribution >= 4 is 17.1 Å². The van der Waals surface area contributed by atoms with Gasteiger partial charge in [0.15, 0.2) is 0 Å². The van der Waals surface area contributed by atoms with Gasteiger partial charge in [-0.05, 0) is 11.2 Å². The second kappa shape index (κ2) is 6.48. The molecular formula is C11H14O3S. The summed E-state index contributed by atoms with van der Waals surface area (Å²) in [4.78, 5) is 10.8. The highest BCUT2D eigenvalue weighted by Crippen LogP contribution is 2.07. The lowest BCUT2D eigenvalue weighted by Gasteiger charge is -2.09. The molecule has 0 saturated heterocycles. The monoisotopic (exact) mass is 226 g/mol. The first-order valence-electron chi connectivity index (χ1n) is 4.68. The van der Waals surface area contributed by atoms with Gasteiger partial charge in [0.05, 0.1) is 13.5 Å². The highest BCUT2D eigenvalue weighted by molar-refractivity contribution is 7.90. The van der Waals surface area contributed by atoms with E-state index in [0.29, 0.717) is 11.5 Å². The fourth-order valence-electron chi connectivity index (χ4n) is 1.13. The van der Waals surface area contributed by atoms with E-state index in [1.807, 2.05) is 30.3 Å². The largest absolute Gasteiger partial charge is 0.616 e. The number of carbonyl (C=O) groups is 1. The van der Waals surface area contributed by atoms with E-state index in [1.165, 1.54) is 7.11 Å². The number of benzene rings is 1. The van der Waals surface area contributed by atoms with Crippen LogP contribution in [-0.2, 0) is 26.5 Å². The van der Waals surface area contributed by atoms with Gasteiger partial charge in [-0.2, -0.15) is 0 Å². The van der Waals surface area contributed by atoms with Crippen LogP contribution in [0.25, 0.3) is 0 Å². The molecular weight excluding hydrogens is 212 g/mol. The lowest BCUT2D eigenvalue weighted by Crippen LogP contribution is -2.13. The van der Waals surface area contributed by atoms with Gasteiger partial charge < -0.3 is 9.29 Å². The summed E-state index contributed by atoms with van der Waals surface area (Å²) in [5.74, 6) is 0.552. The molecule has 0 amide bonds. The SMILES string of the molecule is COC(=O)CC[S+]([O-])Cc1ccccc1. The molecule has 0 radical (unpaired) electrons. The number of hydrogen-bond donors (Lipinski definition) is 0. The van der Waals surface area contributed by atoms with Crippen LogP contribution in [0.4, 0.5) is 0 Å². The quantitative estimate of drug-likeness (QED) is 0.564. The Labute approximate surface area is 92.6 Å². The molecule has 1 unspecified atom stereocenters. The van der Waals surface area contributed by atoms with Gasteiger partial charge in [0.1, 0.15) is 11.5 Å². The minimum absolute atomic E-state index is 0.218. The van der Waals surface area contributed by atoms with Crippen LogP contribution in [0.2, 0.25) is 0 Å². The van der Waals surface area contributed by atoms with E-state index in [2.05, 4.69) is 4.74 Å². The van der Waals surface area contributed by atoms with Crippen molar-refractivity contribution in [1.82, 2.24) is 0 Å². The highest BCUT2D eigenvalue weighted by Gasteiger charge is 2.10. The van der Waals surface area contributed by atoms with Gasteiger partial charge in [-0.1, -0.05) is 30.3 Å². The van der Waals surface area contributed by atoms with Crippen molar-refractivity contribution < 1.29 is 14.1 Å². The van der Waals surface area contributed by atoms with E-state index < -0.39 is 11.2 Å². The van der Waals surface area contributed by atoms with Gasteiger partial charge in [0.2, 0.25) is 0 Å². The van der Waals surface area contributed by atoms with Crippen molar-refractivity contribution in [2.24, 2.45) is 0 Å². The van der Waals surface area contributed by atoms with Crippen LogP contribution in [0.5, 0.6) is 0 Å². The van der Waals surface area contributed by atoms with Gasteiger partial charge in [-0.3, -0.25) is 4.79 Å². The molecule has 0 N–H and O–H groups in total. The summed E-state index contributed by atoms with van der Waals surface area (Å²) in [6, 6.07) is 9.59. The Morgan fingerprint density at radius 3 is 2.67 bits per heavy atom. The van der Waals surface area contributed by atoms with Gasteiger partial charge in [0.25, 0.3) is 0 Å². The zero-order valence-corrected chi connectivity index (χ0v) is 9.46. The van der Waals surface area contributed by atoms with Crippen molar-refractivity contribution in [3.05, 3.63) is 35.9 Å². The zero-order chi connectivity index (χ0) is 11.1. The van der Waals surface area contributed by atoms with E-state index in [-0.39, 0.29) is 12.4 Å². The molecule has 0 saturated carbocycles. The average Bonchev–Trinajstić information content (AvgIpc) is 2.27. The van der Waals surface area contributed by atoms with Crippen molar-refractivity contribution in [3.8, 4) is 0 Å². The Morgan fingerprint density at radius 1 is 1.40 bits per heavy atom. The molecule has 0 heterocycles. The Balaban J connectivity index is 2.30. The molecule has 0 aliphatic rings. The molecule has 0 fully saturated rings. The molecule has 0 aromatic heterocycles. The molecule has 3 nitrogen and oxygen atoms in total. The molecule has 82 valence electrons. The van der Waals surface area contributed by atoms with Gasteiger partial charge >= 0.3 is 5.97 Å². The van der Waals surface area contributed by atoms with Crippen LogP contribution in [-0.4, -0.2) is 23.4 Å². The number of ether oxygens (including phenoxy) is 1. The summed E-state index contributed by atoms with van der Waals surface area (Å²) in [6.45, 7) is 0. The van der Waals surface area contributed by atoms with Crippen molar-refractivity contribution in [3.63, 3.8) is 0 Å². The summed E-state index contributed by atoms with van der Waals surface area (Å²) in [5, 5.41) is 0. The summed E-state index contributed by atoms with van der Waals surface area (Å²) in [5.41, 5.74) is 1.03. The number of rotatable bonds is 5. The maximum absolute atomic E-state index is 11.5. The molecule has 0 aliphatic heterocycles. The number of methoxy groups -OCH3 is 1. The van der Waals surface area contributed by atoms with Crippen molar-refractivity contribution in [2.75, 3.05) is 12.9 Å². The van der Waals surface area contributed by atoms with Crippen molar-refractivity contribution in [2.45, 2.75) is 12.2 Å². The van der Waals surface area contributed by atoms with E-state index in [0.717, 1.165) is 5.56 Å². The molecule has 1 rings (SSSR count). The maximum Gasteiger partial charge on any atom is 0.310 e. The van der Waals surface area contributed by atoms with Crippen LogP contribution in [0.3, 0.4) is 0 Å². The predicted molar refractivity (Wildman–Crippen MR) is 59.8 cm³/mol. The molecule has 0 bridgehead atoms.